The van der Waals surface area contributed by atoms with Crippen LogP contribution in [0.2, 0.25) is 0 Å². The molecule has 1 amide bonds. The third-order valence-corrected chi connectivity index (χ3v) is 5.52. The van der Waals surface area contributed by atoms with Crippen LogP contribution in [0, 0.1) is 5.82 Å². The molecule has 0 radical (unpaired) electrons. The van der Waals surface area contributed by atoms with Crippen LogP contribution in [0.25, 0.3) is 16.6 Å². The van der Waals surface area contributed by atoms with E-state index in [9.17, 15) is 9.18 Å². The molecule has 1 atom stereocenters. The zero-order chi connectivity index (χ0) is 19.5. The fourth-order valence-corrected chi connectivity index (χ4v) is 4.15. The Hall–Kier alpha value is -3.28. The molecule has 140 valence electrons. The fraction of sp³-hybridized carbons (Fsp3) is 0.227. The molecule has 3 heterocycles. The number of hydrogen-bond donors (Lipinski definition) is 1. The smallest absolute Gasteiger partial charge is 0.259 e. The second-order valence-electron chi connectivity index (χ2n) is 7.71. The molecular formula is C22H18FN3O2. The van der Waals surface area contributed by atoms with Crippen LogP contribution in [0.15, 0.2) is 54.6 Å². The Morgan fingerprint density at radius 3 is 2.71 bits per heavy atom. The van der Waals surface area contributed by atoms with E-state index in [2.05, 4.69) is 15.3 Å². The highest BCUT2D eigenvalue weighted by Crippen LogP contribution is 2.49. The number of nitrogens with one attached hydrogen (secondary N) is 1. The van der Waals surface area contributed by atoms with E-state index in [4.69, 9.17) is 4.74 Å². The molecule has 1 fully saturated rings. The van der Waals surface area contributed by atoms with Gasteiger partial charge in [0.1, 0.15) is 17.2 Å². The second-order valence-corrected chi connectivity index (χ2v) is 7.71. The Kier molecular flexibility index (Phi) is 3.53. The summed E-state index contributed by atoms with van der Waals surface area (Å²) in [6.07, 6.45) is 3.93. The summed E-state index contributed by atoms with van der Waals surface area (Å²) in [4.78, 5) is 21.3. The minimum Gasteiger partial charge on any atom is -0.491 e. The van der Waals surface area contributed by atoms with Gasteiger partial charge in [0, 0.05) is 30.3 Å². The van der Waals surface area contributed by atoms with Crippen LogP contribution in [-0.4, -0.2) is 21.5 Å². The molecule has 0 spiro atoms. The molecule has 1 saturated heterocycles. The lowest BCUT2D eigenvalue weighted by Crippen LogP contribution is -2.25. The number of hydrogen-bond acceptors (Lipinski definition) is 4. The maximum Gasteiger partial charge on any atom is 0.259 e. The summed E-state index contributed by atoms with van der Waals surface area (Å²) < 4.78 is 19.8. The zero-order valence-corrected chi connectivity index (χ0v) is 15.5. The van der Waals surface area contributed by atoms with E-state index in [1.807, 2.05) is 32.0 Å². The number of carbonyl (C=O) groups is 1. The number of halogens is 1. The van der Waals surface area contributed by atoms with Gasteiger partial charge in [-0.1, -0.05) is 6.07 Å². The van der Waals surface area contributed by atoms with E-state index in [1.54, 1.807) is 18.5 Å². The van der Waals surface area contributed by atoms with Crippen LogP contribution >= 0.6 is 0 Å². The Morgan fingerprint density at radius 1 is 1.11 bits per heavy atom. The van der Waals surface area contributed by atoms with Crippen LogP contribution in [0.4, 0.5) is 10.1 Å². The molecular weight excluding hydrogens is 357 g/mol. The van der Waals surface area contributed by atoms with Crippen molar-refractivity contribution < 1.29 is 13.9 Å². The van der Waals surface area contributed by atoms with Crippen LogP contribution < -0.4 is 5.32 Å². The molecule has 0 saturated carbocycles. The Bertz CT molecular complexity index is 1170. The first-order chi connectivity index (χ1) is 13.4. The Balaban J connectivity index is 1.58. The molecule has 6 heteroatoms. The molecule has 0 bridgehead atoms. The van der Waals surface area contributed by atoms with Gasteiger partial charge in [0.15, 0.2) is 0 Å². The molecule has 2 aliphatic rings. The topological polar surface area (TPSA) is 64.1 Å². The van der Waals surface area contributed by atoms with E-state index in [0.29, 0.717) is 29.0 Å². The largest absolute Gasteiger partial charge is 0.491 e. The molecule has 1 aromatic heterocycles. The monoisotopic (exact) mass is 375 g/mol. The third kappa shape index (κ3) is 2.56. The van der Waals surface area contributed by atoms with Crippen molar-refractivity contribution in [2.45, 2.75) is 31.8 Å². The summed E-state index contributed by atoms with van der Waals surface area (Å²) >= 11 is 0. The SMILES string of the molecule is CC1(C)O/C(=C2/C(=O)Nc3cc(F)ccc32)CC1c1ccc2nccnc2c1. The number of ether oxygens (including phenoxy) is 1. The summed E-state index contributed by atoms with van der Waals surface area (Å²) in [6.45, 7) is 4.04. The van der Waals surface area contributed by atoms with Crippen molar-refractivity contribution in [1.82, 2.24) is 9.97 Å². The van der Waals surface area contributed by atoms with Gasteiger partial charge >= 0.3 is 0 Å². The number of carbonyl (C=O) groups excluding carboxylic acids is 1. The Morgan fingerprint density at radius 2 is 1.89 bits per heavy atom. The van der Waals surface area contributed by atoms with Gasteiger partial charge < -0.3 is 10.1 Å². The molecule has 2 aromatic carbocycles. The highest BCUT2D eigenvalue weighted by molar-refractivity contribution is 6.32. The highest BCUT2D eigenvalue weighted by Gasteiger charge is 2.44. The van der Waals surface area contributed by atoms with Crippen LogP contribution in [0.5, 0.6) is 0 Å². The van der Waals surface area contributed by atoms with Crippen molar-refractivity contribution in [3.05, 3.63) is 71.5 Å². The van der Waals surface area contributed by atoms with E-state index >= 15 is 0 Å². The number of amides is 1. The van der Waals surface area contributed by atoms with Gasteiger partial charge in [-0.25, -0.2) is 4.39 Å². The first-order valence-electron chi connectivity index (χ1n) is 9.16. The van der Waals surface area contributed by atoms with Gasteiger partial charge in [-0.2, -0.15) is 0 Å². The van der Waals surface area contributed by atoms with E-state index in [-0.39, 0.29) is 17.6 Å². The summed E-state index contributed by atoms with van der Waals surface area (Å²) in [5.41, 5.74) is 3.92. The van der Waals surface area contributed by atoms with Crippen molar-refractivity contribution in [3.8, 4) is 0 Å². The summed E-state index contributed by atoms with van der Waals surface area (Å²) in [5, 5.41) is 2.74. The van der Waals surface area contributed by atoms with Gasteiger partial charge in [-0.3, -0.25) is 14.8 Å². The van der Waals surface area contributed by atoms with Crippen molar-refractivity contribution in [2.75, 3.05) is 5.32 Å². The summed E-state index contributed by atoms with van der Waals surface area (Å²) in [5.74, 6) is 0.0559. The first-order valence-corrected chi connectivity index (χ1v) is 9.16. The first kappa shape index (κ1) is 16.9. The predicted octanol–water partition coefficient (Wildman–Crippen LogP) is 4.41. The number of benzene rings is 2. The standard InChI is InChI=1S/C22H18FN3O2/c1-22(2)15(12-3-6-16-18(9-12)25-8-7-24-16)11-19(28-22)20-14-5-4-13(23)10-17(14)26-21(20)27/h3-10,15H,11H2,1-2H3,(H,26,27)/b20-19+. The van der Waals surface area contributed by atoms with Crippen LogP contribution in [0.1, 0.15) is 37.3 Å². The van der Waals surface area contributed by atoms with E-state index < -0.39 is 5.60 Å². The van der Waals surface area contributed by atoms with Gasteiger partial charge in [0.05, 0.1) is 22.3 Å². The number of nitrogens with zero attached hydrogens (tertiary/aromatic N) is 2. The molecule has 1 unspecified atom stereocenters. The lowest BCUT2D eigenvalue weighted by atomic mass is 9.83. The second kappa shape index (κ2) is 5.86. The maximum atomic E-state index is 13.5. The van der Waals surface area contributed by atoms with Crippen LogP contribution in [-0.2, 0) is 9.53 Å². The van der Waals surface area contributed by atoms with Gasteiger partial charge in [0.25, 0.3) is 5.91 Å². The quantitative estimate of drug-likeness (QED) is 0.640. The predicted molar refractivity (Wildman–Crippen MR) is 104 cm³/mol. The lowest BCUT2D eigenvalue weighted by Gasteiger charge is -2.26. The van der Waals surface area contributed by atoms with Gasteiger partial charge in [-0.05, 0) is 49.7 Å². The number of allylic oxidation sites excluding steroid dienone is 1. The maximum absolute atomic E-state index is 13.5. The van der Waals surface area contributed by atoms with Crippen molar-refractivity contribution in [2.24, 2.45) is 0 Å². The molecule has 28 heavy (non-hydrogen) atoms. The number of anilines is 1. The number of aromatic nitrogens is 2. The highest BCUT2D eigenvalue weighted by atomic mass is 19.1. The normalized spacial score (nSPS) is 22.8. The average Bonchev–Trinajstić information content (AvgIpc) is 3.15. The zero-order valence-electron chi connectivity index (χ0n) is 15.5. The van der Waals surface area contributed by atoms with Gasteiger partial charge in [-0.15, -0.1) is 0 Å². The van der Waals surface area contributed by atoms with Gasteiger partial charge in [0.2, 0.25) is 0 Å². The molecule has 3 aromatic rings. The van der Waals surface area contributed by atoms with Crippen molar-refractivity contribution in [1.29, 1.82) is 0 Å². The molecule has 5 nitrogen and oxygen atoms in total. The van der Waals surface area contributed by atoms with E-state index in [0.717, 1.165) is 16.6 Å². The molecule has 2 aliphatic heterocycles. The number of rotatable bonds is 1. The third-order valence-electron chi connectivity index (χ3n) is 5.52. The Labute approximate surface area is 161 Å². The van der Waals surface area contributed by atoms with Crippen molar-refractivity contribution in [3.63, 3.8) is 0 Å². The summed E-state index contributed by atoms with van der Waals surface area (Å²) in [6, 6.07) is 10.3. The lowest BCUT2D eigenvalue weighted by molar-refractivity contribution is -0.111. The molecule has 5 rings (SSSR count). The minimum atomic E-state index is -0.499. The van der Waals surface area contributed by atoms with Crippen molar-refractivity contribution >= 4 is 28.2 Å². The average molecular weight is 375 g/mol. The van der Waals surface area contributed by atoms with Crippen LogP contribution in [0.3, 0.4) is 0 Å². The number of fused-ring (bicyclic) bond motifs is 2. The fourth-order valence-electron chi connectivity index (χ4n) is 4.15. The van der Waals surface area contributed by atoms with E-state index in [1.165, 1.54) is 12.1 Å². The molecule has 0 aliphatic carbocycles. The summed E-state index contributed by atoms with van der Waals surface area (Å²) in [7, 11) is 0. The molecule has 1 N–H and O–H groups in total. The minimum absolute atomic E-state index is 0.0544.